The van der Waals surface area contributed by atoms with Crippen molar-refractivity contribution in [3.05, 3.63) is 57.5 Å². The van der Waals surface area contributed by atoms with Crippen LogP contribution in [0.2, 0.25) is 5.02 Å². The Bertz CT molecular complexity index is 777. The summed E-state index contributed by atoms with van der Waals surface area (Å²) in [7, 11) is 1.59. The number of hydrogen-bond donors (Lipinski definition) is 1. The number of anilines is 1. The van der Waals surface area contributed by atoms with E-state index in [4.69, 9.17) is 21.1 Å². The Hall–Kier alpha value is -1.98. The van der Waals surface area contributed by atoms with Crippen LogP contribution in [0.5, 0.6) is 11.5 Å². The number of halogens is 2. The molecule has 0 fully saturated rings. The highest BCUT2D eigenvalue weighted by Crippen LogP contribution is 2.29. The molecule has 2 aromatic rings. The van der Waals surface area contributed by atoms with Crippen molar-refractivity contribution in [2.45, 2.75) is 13.3 Å². The zero-order chi connectivity index (χ0) is 18.2. The fraction of sp³-hybridized carbons (Fsp3) is 0.211. The van der Waals surface area contributed by atoms with E-state index in [9.17, 15) is 4.79 Å². The molecule has 2 aromatic carbocycles. The van der Waals surface area contributed by atoms with Gasteiger partial charge in [-0.25, -0.2) is 0 Å². The van der Waals surface area contributed by atoms with Crippen molar-refractivity contribution in [3.63, 3.8) is 0 Å². The maximum atomic E-state index is 12.1. The van der Waals surface area contributed by atoms with E-state index in [1.165, 1.54) is 6.08 Å². The number of hydrogen-bond acceptors (Lipinski definition) is 3. The minimum atomic E-state index is -0.269. The summed E-state index contributed by atoms with van der Waals surface area (Å²) in [5, 5.41) is 3.21. The number of carbonyl (C=O) groups excluding carboxylic acids is 1. The van der Waals surface area contributed by atoms with E-state index >= 15 is 0 Å². The summed E-state index contributed by atoms with van der Waals surface area (Å²) in [6.07, 6.45) is 4.07. The lowest BCUT2D eigenvalue weighted by Gasteiger charge is -2.10. The second kappa shape index (κ2) is 9.49. The Morgan fingerprint density at radius 3 is 2.72 bits per heavy atom. The minimum Gasteiger partial charge on any atom is -0.493 e. The monoisotopic (exact) mass is 423 g/mol. The average Bonchev–Trinajstić information content (AvgIpc) is 2.60. The lowest BCUT2D eigenvalue weighted by atomic mass is 10.2. The lowest BCUT2D eigenvalue weighted by Crippen LogP contribution is -2.08. The third kappa shape index (κ3) is 5.80. The minimum absolute atomic E-state index is 0.269. The number of carbonyl (C=O) groups is 1. The second-order valence-electron chi connectivity index (χ2n) is 5.21. The predicted molar refractivity (Wildman–Crippen MR) is 106 cm³/mol. The quantitative estimate of drug-likeness (QED) is 0.593. The molecule has 0 atom stereocenters. The van der Waals surface area contributed by atoms with Gasteiger partial charge in [0, 0.05) is 10.5 Å². The second-order valence-corrected chi connectivity index (χ2v) is 6.53. The van der Waals surface area contributed by atoms with Crippen molar-refractivity contribution < 1.29 is 14.3 Å². The van der Waals surface area contributed by atoms with Gasteiger partial charge in [0.1, 0.15) is 0 Å². The molecule has 25 heavy (non-hydrogen) atoms. The molecule has 0 saturated carbocycles. The van der Waals surface area contributed by atoms with Gasteiger partial charge in [-0.1, -0.05) is 40.5 Å². The van der Waals surface area contributed by atoms with Crippen LogP contribution in [0.4, 0.5) is 5.69 Å². The Balaban J connectivity index is 2.06. The van der Waals surface area contributed by atoms with Gasteiger partial charge in [-0.2, -0.15) is 0 Å². The molecule has 4 nitrogen and oxygen atoms in total. The molecule has 0 radical (unpaired) electrons. The van der Waals surface area contributed by atoms with Gasteiger partial charge in [-0.05, 0) is 48.4 Å². The molecule has 132 valence electrons. The molecular weight excluding hydrogens is 406 g/mol. The van der Waals surface area contributed by atoms with E-state index in [-0.39, 0.29) is 5.91 Å². The third-order valence-corrected chi connectivity index (χ3v) is 4.07. The van der Waals surface area contributed by atoms with E-state index in [1.807, 2.05) is 31.2 Å². The molecule has 0 aromatic heterocycles. The first-order valence-corrected chi connectivity index (χ1v) is 8.95. The Labute approximate surface area is 160 Å². The van der Waals surface area contributed by atoms with Crippen LogP contribution in [-0.4, -0.2) is 19.6 Å². The highest BCUT2D eigenvalue weighted by atomic mass is 79.9. The molecule has 1 N–H and O–H groups in total. The fourth-order valence-corrected chi connectivity index (χ4v) is 2.78. The van der Waals surface area contributed by atoms with Crippen LogP contribution in [0.15, 0.2) is 46.9 Å². The molecule has 1 amide bonds. The molecule has 0 aliphatic heterocycles. The molecule has 0 heterocycles. The van der Waals surface area contributed by atoms with Crippen LogP contribution < -0.4 is 14.8 Å². The Kier molecular flexibility index (Phi) is 7.34. The van der Waals surface area contributed by atoms with Crippen LogP contribution in [0.1, 0.15) is 18.9 Å². The smallest absolute Gasteiger partial charge is 0.248 e. The maximum absolute atomic E-state index is 12.1. The normalized spacial score (nSPS) is 10.7. The zero-order valence-corrected chi connectivity index (χ0v) is 16.4. The van der Waals surface area contributed by atoms with Gasteiger partial charge >= 0.3 is 0 Å². The molecule has 0 aliphatic carbocycles. The molecule has 0 aliphatic rings. The average molecular weight is 425 g/mol. The van der Waals surface area contributed by atoms with Crippen LogP contribution in [0, 0.1) is 0 Å². The lowest BCUT2D eigenvalue weighted by molar-refractivity contribution is -0.111. The Morgan fingerprint density at radius 2 is 2.04 bits per heavy atom. The van der Waals surface area contributed by atoms with Gasteiger partial charge < -0.3 is 14.8 Å². The zero-order valence-electron chi connectivity index (χ0n) is 14.0. The summed E-state index contributed by atoms with van der Waals surface area (Å²) in [6.45, 7) is 2.67. The fourth-order valence-electron chi connectivity index (χ4n) is 2.06. The summed E-state index contributed by atoms with van der Waals surface area (Å²) >= 11 is 9.42. The van der Waals surface area contributed by atoms with E-state index in [1.54, 1.807) is 25.3 Å². The number of rotatable bonds is 7. The first-order valence-electron chi connectivity index (χ1n) is 7.78. The van der Waals surface area contributed by atoms with E-state index in [0.717, 1.165) is 16.5 Å². The van der Waals surface area contributed by atoms with E-state index in [2.05, 4.69) is 21.2 Å². The summed E-state index contributed by atoms with van der Waals surface area (Å²) in [5.74, 6) is 1.05. The molecule has 0 unspecified atom stereocenters. The first kappa shape index (κ1) is 19.3. The van der Waals surface area contributed by atoms with Crippen molar-refractivity contribution in [2.24, 2.45) is 0 Å². The number of nitrogens with one attached hydrogen (secondary N) is 1. The van der Waals surface area contributed by atoms with Gasteiger partial charge in [0.05, 0.1) is 24.4 Å². The molecule has 0 bridgehead atoms. The number of ether oxygens (including phenoxy) is 2. The summed E-state index contributed by atoms with van der Waals surface area (Å²) in [6, 6.07) is 10.8. The van der Waals surface area contributed by atoms with Gasteiger partial charge in [-0.3, -0.25) is 4.79 Å². The molecule has 0 saturated heterocycles. The van der Waals surface area contributed by atoms with Gasteiger partial charge in [0.15, 0.2) is 11.5 Å². The van der Waals surface area contributed by atoms with Crippen molar-refractivity contribution in [1.29, 1.82) is 0 Å². The summed E-state index contributed by atoms with van der Waals surface area (Å²) in [4.78, 5) is 12.1. The highest BCUT2D eigenvalue weighted by Gasteiger charge is 2.06. The highest BCUT2D eigenvalue weighted by molar-refractivity contribution is 9.10. The van der Waals surface area contributed by atoms with Crippen LogP contribution >= 0.6 is 27.5 Å². The number of amides is 1. The van der Waals surface area contributed by atoms with E-state index < -0.39 is 0 Å². The SMILES string of the molecule is CCCOc1ccc(/C=C/C(=O)Nc2ccc(Br)cc2Cl)cc1OC. The molecule has 0 spiro atoms. The topological polar surface area (TPSA) is 47.6 Å². The molecular formula is C19H19BrClNO3. The Morgan fingerprint density at radius 1 is 1.24 bits per heavy atom. The van der Waals surface area contributed by atoms with Crippen molar-refractivity contribution >= 4 is 45.2 Å². The standard InChI is InChI=1S/C19H19BrClNO3/c1-3-10-25-17-8-4-13(11-18(17)24-2)5-9-19(23)22-16-7-6-14(20)12-15(16)21/h4-9,11-12H,3,10H2,1-2H3,(H,22,23)/b9-5+. The largest absolute Gasteiger partial charge is 0.493 e. The van der Waals surface area contributed by atoms with E-state index in [0.29, 0.717) is 28.8 Å². The summed E-state index contributed by atoms with van der Waals surface area (Å²) in [5.41, 5.74) is 1.39. The van der Waals surface area contributed by atoms with Crippen molar-refractivity contribution in [3.8, 4) is 11.5 Å². The van der Waals surface area contributed by atoms with Gasteiger partial charge in [0.25, 0.3) is 0 Å². The summed E-state index contributed by atoms with van der Waals surface area (Å²) < 4.78 is 11.8. The van der Waals surface area contributed by atoms with Crippen LogP contribution in [-0.2, 0) is 4.79 Å². The van der Waals surface area contributed by atoms with Gasteiger partial charge in [0.2, 0.25) is 5.91 Å². The van der Waals surface area contributed by atoms with Crippen molar-refractivity contribution in [1.82, 2.24) is 0 Å². The predicted octanol–water partition coefficient (Wildman–Crippen LogP) is 5.55. The third-order valence-electron chi connectivity index (χ3n) is 3.27. The van der Waals surface area contributed by atoms with Crippen LogP contribution in [0.25, 0.3) is 6.08 Å². The van der Waals surface area contributed by atoms with Crippen molar-refractivity contribution in [2.75, 3.05) is 19.0 Å². The van der Waals surface area contributed by atoms with Crippen LogP contribution in [0.3, 0.4) is 0 Å². The number of methoxy groups -OCH3 is 1. The first-order chi connectivity index (χ1) is 12.0. The maximum Gasteiger partial charge on any atom is 0.248 e. The number of benzene rings is 2. The van der Waals surface area contributed by atoms with Gasteiger partial charge in [-0.15, -0.1) is 0 Å². The molecule has 6 heteroatoms. The molecule has 2 rings (SSSR count).